The van der Waals surface area contributed by atoms with Crippen molar-refractivity contribution in [2.24, 2.45) is 5.41 Å². The first-order valence-corrected chi connectivity index (χ1v) is 11.0. The van der Waals surface area contributed by atoms with Crippen molar-refractivity contribution in [1.82, 2.24) is 25.3 Å². The van der Waals surface area contributed by atoms with Gasteiger partial charge in [0.1, 0.15) is 11.2 Å². The van der Waals surface area contributed by atoms with Gasteiger partial charge in [-0.25, -0.2) is 14.8 Å². The normalized spacial score (nSPS) is 11.9. The lowest BCUT2D eigenvalue weighted by atomic mass is 9.91. The molecule has 0 fully saturated rings. The molecule has 2 aromatic heterocycles. The summed E-state index contributed by atoms with van der Waals surface area (Å²) in [5, 5.41) is 2.52. The molecular formula is C23H23ClF3N5O3. The lowest BCUT2D eigenvalue weighted by Gasteiger charge is -2.26. The third-order valence-corrected chi connectivity index (χ3v) is 5.44. The van der Waals surface area contributed by atoms with Crippen molar-refractivity contribution >= 4 is 17.5 Å². The van der Waals surface area contributed by atoms with Gasteiger partial charge in [-0.3, -0.25) is 9.78 Å². The van der Waals surface area contributed by atoms with Crippen LogP contribution in [0.1, 0.15) is 32.8 Å². The molecule has 0 aliphatic rings. The molecule has 0 bridgehead atoms. The van der Waals surface area contributed by atoms with Gasteiger partial charge in [0, 0.05) is 29.9 Å². The van der Waals surface area contributed by atoms with Gasteiger partial charge in [-0.05, 0) is 44.0 Å². The number of nitrogens with zero attached hydrogens (tertiary/aromatic N) is 3. The maximum absolute atomic E-state index is 13.1. The first-order valence-electron chi connectivity index (χ1n) is 10.6. The molecule has 0 spiro atoms. The van der Waals surface area contributed by atoms with Crippen LogP contribution in [0.25, 0.3) is 22.8 Å². The molecule has 1 amide bonds. The van der Waals surface area contributed by atoms with Crippen molar-refractivity contribution in [1.29, 1.82) is 0 Å². The minimum absolute atomic E-state index is 0.0972. The number of halogens is 4. The van der Waals surface area contributed by atoms with Gasteiger partial charge in [0.25, 0.3) is 0 Å². The minimum Gasteiger partial charge on any atom is -0.478 e. The molecular weight excluding hydrogens is 487 g/mol. The summed E-state index contributed by atoms with van der Waals surface area (Å²) >= 11 is 6.30. The van der Waals surface area contributed by atoms with Gasteiger partial charge < -0.3 is 10.1 Å². The fourth-order valence-corrected chi connectivity index (χ4v) is 3.05. The van der Waals surface area contributed by atoms with Crippen LogP contribution in [0, 0.1) is 5.41 Å². The second kappa shape index (κ2) is 10.4. The molecule has 3 aromatic rings. The molecule has 186 valence electrons. The zero-order chi connectivity index (χ0) is 25.8. The molecule has 0 atom stereocenters. The van der Waals surface area contributed by atoms with Crippen LogP contribution in [0.3, 0.4) is 0 Å². The largest absolute Gasteiger partial charge is 0.478 e. The highest BCUT2D eigenvalue weighted by molar-refractivity contribution is 6.33. The monoisotopic (exact) mass is 509 g/mol. The molecule has 0 unspecified atom stereocenters. The van der Waals surface area contributed by atoms with Crippen molar-refractivity contribution < 1.29 is 22.7 Å². The summed E-state index contributed by atoms with van der Waals surface area (Å²) in [6, 6.07) is 7.85. The lowest BCUT2D eigenvalue weighted by molar-refractivity contribution is -0.211. The highest BCUT2D eigenvalue weighted by Gasteiger charge is 2.52. The van der Waals surface area contributed by atoms with Gasteiger partial charge in [-0.15, -0.1) is 0 Å². The molecule has 3 rings (SSSR count). The van der Waals surface area contributed by atoms with Crippen LogP contribution in [0.2, 0.25) is 5.02 Å². The minimum atomic E-state index is -4.70. The molecule has 1 aromatic carbocycles. The summed E-state index contributed by atoms with van der Waals surface area (Å²) in [7, 11) is 0. The second-order valence-corrected chi connectivity index (χ2v) is 8.59. The van der Waals surface area contributed by atoms with E-state index in [1.807, 2.05) is 6.92 Å². The first-order chi connectivity index (χ1) is 16.4. The summed E-state index contributed by atoms with van der Waals surface area (Å²) in [4.78, 5) is 39.2. The van der Waals surface area contributed by atoms with E-state index in [9.17, 15) is 22.8 Å². The number of benzene rings is 1. The van der Waals surface area contributed by atoms with E-state index in [4.69, 9.17) is 16.3 Å². The summed E-state index contributed by atoms with van der Waals surface area (Å²) in [6.07, 6.45) is -2.40. The number of aromatic nitrogens is 4. The Balaban J connectivity index is 1.86. The number of carbonyl (C=O) groups excluding carboxylic acids is 1. The molecule has 0 saturated carbocycles. The number of carbonyl (C=O) groups is 1. The van der Waals surface area contributed by atoms with E-state index in [0.717, 1.165) is 20.3 Å². The number of alkyl halides is 3. The number of ether oxygens (including phenoxy) is 1. The van der Waals surface area contributed by atoms with Crippen LogP contribution in [0.5, 0.6) is 5.88 Å². The van der Waals surface area contributed by atoms with E-state index in [1.165, 1.54) is 18.3 Å². The molecule has 2 N–H and O–H groups in total. The van der Waals surface area contributed by atoms with Crippen molar-refractivity contribution in [3.8, 4) is 28.7 Å². The van der Waals surface area contributed by atoms with Crippen molar-refractivity contribution in [3.63, 3.8) is 0 Å². The number of amides is 1. The van der Waals surface area contributed by atoms with Crippen LogP contribution in [-0.2, 0) is 11.3 Å². The summed E-state index contributed by atoms with van der Waals surface area (Å²) in [6.45, 7) is 3.91. The van der Waals surface area contributed by atoms with Gasteiger partial charge in [0.2, 0.25) is 11.8 Å². The van der Waals surface area contributed by atoms with E-state index in [-0.39, 0.29) is 23.2 Å². The Kier molecular flexibility index (Phi) is 7.79. The van der Waals surface area contributed by atoms with Crippen molar-refractivity contribution in [2.75, 3.05) is 6.61 Å². The van der Waals surface area contributed by atoms with Crippen LogP contribution in [-0.4, -0.2) is 38.6 Å². The number of rotatable bonds is 8. The van der Waals surface area contributed by atoms with Crippen LogP contribution in [0.4, 0.5) is 13.2 Å². The molecule has 0 aliphatic carbocycles. The number of pyridine rings is 1. The van der Waals surface area contributed by atoms with E-state index in [0.29, 0.717) is 29.2 Å². The quantitative estimate of drug-likeness (QED) is 0.461. The van der Waals surface area contributed by atoms with E-state index < -0.39 is 23.2 Å². The number of hydrogen-bond acceptors (Lipinski definition) is 6. The second-order valence-electron chi connectivity index (χ2n) is 8.18. The number of nitrogens with one attached hydrogen (secondary N) is 2. The highest BCUT2D eigenvalue weighted by Crippen LogP contribution is 2.37. The molecule has 0 saturated heterocycles. The first kappa shape index (κ1) is 26.1. The van der Waals surface area contributed by atoms with Crippen LogP contribution >= 0.6 is 11.6 Å². The van der Waals surface area contributed by atoms with Gasteiger partial charge in [-0.1, -0.05) is 24.6 Å². The molecule has 35 heavy (non-hydrogen) atoms. The number of H-pyrrole nitrogens is 1. The SMILES string of the molecule is CCCOc1ccc(-c2nc(-c3cc(CNC(=O)C(C)(C)C(F)(F)F)ccc3Cl)[nH]c(=O)n2)cn1. The van der Waals surface area contributed by atoms with Gasteiger partial charge >= 0.3 is 11.9 Å². The Morgan fingerprint density at radius 1 is 1.17 bits per heavy atom. The molecule has 0 radical (unpaired) electrons. The number of hydrogen-bond donors (Lipinski definition) is 2. The standard InChI is InChI=1S/C23H23ClF3N5O3/c1-4-9-35-17-8-6-14(12-28-17)18-30-19(32-21(34)31-18)15-10-13(5-7-16(15)24)11-29-20(33)22(2,3)23(25,26)27/h5-8,10,12H,4,9,11H2,1-3H3,(H,29,33)(H,30,31,32,34). The molecule has 2 heterocycles. The van der Waals surface area contributed by atoms with Gasteiger partial charge in [0.15, 0.2) is 5.82 Å². The summed E-state index contributed by atoms with van der Waals surface area (Å²) < 4.78 is 44.8. The van der Waals surface area contributed by atoms with Crippen molar-refractivity contribution in [2.45, 2.75) is 39.9 Å². The molecule has 0 aliphatic heterocycles. The molecule has 8 nitrogen and oxygen atoms in total. The topological polar surface area (TPSA) is 110 Å². The zero-order valence-electron chi connectivity index (χ0n) is 19.2. The summed E-state index contributed by atoms with van der Waals surface area (Å²) in [5.41, 5.74) is -2.01. The third kappa shape index (κ3) is 6.16. The third-order valence-electron chi connectivity index (χ3n) is 5.11. The van der Waals surface area contributed by atoms with Gasteiger partial charge in [-0.2, -0.15) is 18.2 Å². The van der Waals surface area contributed by atoms with Crippen molar-refractivity contribution in [3.05, 3.63) is 57.6 Å². The average Bonchev–Trinajstić information content (AvgIpc) is 2.81. The number of aromatic amines is 1. The average molecular weight is 510 g/mol. The van der Waals surface area contributed by atoms with Gasteiger partial charge in [0.05, 0.1) is 11.6 Å². The fraction of sp³-hybridized carbons (Fsp3) is 0.348. The predicted octanol–water partition coefficient (Wildman–Crippen LogP) is 4.54. The predicted molar refractivity (Wildman–Crippen MR) is 124 cm³/mol. The van der Waals surface area contributed by atoms with Crippen LogP contribution < -0.4 is 15.7 Å². The van der Waals surface area contributed by atoms with Crippen LogP contribution in [0.15, 0.2) is 41.3 Å². The maximum atomic E-state index is 13.1. The Hall–Kier alpha value is -3.47. The Labute approximate surface area is 203 Å². The highest BCUT2D eigenvalue weighted by atomic mass is 35.5. The van der Waals surface area contributed by atoms with E-state index in [1.54, 1.807) is 18.2 Å². The van der Waals surface area contributed by atoms with E-state index in [2.05, 4.69) is 25.3 Å². The lowest BCUT2D eigenvalue weighted by Crippen LogP contribution is -2.46. The maximum Gasteiger partial charge on any atom is 0.402 e. The molecule has 12 heteroatoms. The summed E-state index contributed by atoms with van der Waals surface area (Å²) in [5.74, 6) is -0.551. The zero-order valence-corrected chi connectivity index (χ0v) is 19.9. The Morgan fingerprint density at radius 2 is 1.91 bits per heavy atom. The fourth-order valence-electron chi connectivity index (χ4n) is 2.84. The Bertz CT molecular complexity index is 1260. The van der Waals surface area contributed by atoms with E-state index >= 15 is 0 Å². The Morgan fingerprint density at radius 3 is 2.54 bits per heavy atom. The smallest absolute Gasteiger partial charge is 0.402 e.